The maximum absolute atomic E-state index is 11.4. The summed E-state index contributed by atoms with van der Waals surface area (Å²) in [5.41, 5.74) is 0.642. The lowest BCUT2D eigenvalue weighted by molar-refractivity contribution is -0.385. The van der Waals surface area contributed by atoms with Crippen LogP contribution in [0.15, 0.2) is 18.2 Å². The molecule has 0 aliphatic carbocycles. The van der Waals surface area contributed by atoms with Crippen LogP contribution in [0.3, 0.4) is 0 Å². The Morgan fingerprint density at radius 1 is 1.53 bits per heavy atom. The molecule has 0 amide bonds. The Balaban J connectivity index is 3.01. The van der Waals surface area contributed by atoms with E-state index >= 15 is 0 Å². The molecule has 1 atom stereocenters. The van der Waals surface area contributed by atoms with Crippen molar-refractivity contribution < 1.29 is 14.8 Å². The zero-order valence-corrected chi connectivity index (χ0v) is 11.3. The molecule has 0 saturated heterocycles. The first-order valence-electron chi connectivity index (χ1n) is 6.01. The molecular weight excluding hydrogens is 248 g/mol. The van der Waals surface area contributed by atoms with Gasteiger partial charge in [-0.3, -0.25) is 14.9 Å². The second-order valence-electron chi connectivity index (χ2n) is 4.57. The molecule has 0 aliphatic rings. The minimum Gasteiger partial charge on any atom is -0.393 e. The first-order valence-corrected chi connectivity index (χ1v) is 6.01. The molecule has 0 bridgehead atoms. The standard InChI is InChI=1S/C13H18N2O4/c1-9(16)6-7-14(3)11-4-5-13(15(18)19)12(8-11)10(2)17/h4-5,8-9,16H,6-7H2,1-3H3. The van der Waals surface area contributed by atoms with Gasteiger partial charge in [0.15, 0.2) is 5.78 Å². The van der Waals surface area contributed by atoms with Gasteiger partial charge in [-0.05, 0) is 32.4 Å². The summed E-state index contributed by atoms with van der Waals surface area (Å²) in [4.78, 5) is 23.6. The topological polar surface area (TPSA) is 83.7 Å². The number of ketones is 1. The van der Waals surface area contributed by atoms with Gasteiger partial charge in [0, 0.05) is 25.3 Å². The van der Waals surface area contributed by atoms with E-state index in [1.165, 1.54) is 19.1 Å². The number of hydrogen-bond donors (Lipinski definition) is 1. The third-order valence-electron chi connectivity index (χ3n) is 2.88. The molecule has 0 spiro atoms. The summed E-state index contributed by atoms with van der Waals surface area (Å²) < 4.78 is 0. The summed E-state index contributed by atoms with van der Waals surface area (Å²) in [6.07, 6.45) is 0.177. The van der Waals surface area contributed by atoms with Crippen LogP contribution in [0.5, 0.6) is 0 Å². The highest BCUT2D eigenvalue weighted by atomic mass is 16.6. The van der Waals surface area contributed by atoms with Crippen LogP contribution in [0, 0.1) is 10.1 Å². The molecule has 0 radical (unpaired) electrons. The molecule has 1 N–H and O–H groups in total. The highest BCUT2D eigenvalue weighted by molar-refractivity contribution is 5.99. The SMILES string of the molecule is CC(=O)c1cc(N(C)CCC(C)O)ccc1[N+](=O)[O-]. The lowest BCUT2D eigenvalue weighted by atomic mass is 10.1. The van der Waals surface area contributed by atoms with Crippen molar-refractivity contribution in [3.8, 4) is 0 Å². The van der Waals surface area contributed by atoms with Crippen LogP contribution in [-0.4, -0.2) is 35.5 Å². The van der Waals surface area contributed by atoms with Crippen LogP contribution in [0.2, 0.25) is 0 Å². The Labute approximate surface area is 111 Å². The molecule has 0 saturated carbocycles. The Morgan fingerprint density at radius 2 is 2.16 bits per heavy atom. The van der Waals surface area contributed by atoms with Crippen molar-refractivity contribution in [1.82, 2.24) is 0 Å². The average molecular weight is 266 g/mol. The van der Waals surface area contributed by atoms with Crippen LogP contribution in [0.1, 0.15) is 30.6 Å². The van der Waals surface area contributed by atoms with E-state index in [4.69, 9.17) is 0 Å². The van der Waals surface area contributed by atoms with E-state index < -0.39 is 11.0 Å². The van der Waals surface area contributed by atoms with Crippen molar-refractivity contribution >= 4 is 17.2 Å². The fraction of sp³-hybridized carbons (Fsp3) is 0.462. The van der Waals surface area contributed by atoms with E-state index in [0.29, 0.717) is 13.0 Å². The number of carbonyl (C=O) groups excluding carboxylic acids is 1. The minimum absolute atomic E-state index is 0.103. The van der Waals surface area contributed by atoms with Crippen molar-refractivity contribution in [2.24, 2.45) is 0 Å². The fourth-order valence-corrected chi connectivity index (χ4v) is 1.71. The van der Waals surface area contributed by atoms with Gasteiger partial charge in [-0.15, -0.1) is 0 Å². The van der Waals surface area contributed by atoms with Gasteiger partial charge >= 0.3 is 0 Å². The highest BCUT2D eigenvalue weighted by Crippen LogP contribution is 2.25. The van der Waals surface area contributed by atoms with Gasteiger partial charge in [0.25, 0.3) is 5.69 Å². The van der Waals surface area contributed by atoms with E-state index in [1.54, 1.807) is 13.0 Å². The van der Waals surface area contributed by atoms with Gasteiger partial charge in [0.2, 0.25) is 0 Å². The van der Waals surface area contributed by atoms with Crippen LogP contribution >= 0.6 is 0 Å². The molecule has 0 heterocycles. The highest BCUT2D eigenvalue weighted by Gasteiger charge is 2.18. The molecule has 0 aromatic heterocycles. The van der Waals surface area contributed by atoms with E-state index in [1.807, 2.05) is 11.9 Å². The van der Waals surface area contributed by atoms with Gasteiger partial charge in [0.05, 0.1) is 16.6 Å². The molecular formula is C13H18N2O4. The van der Waals surface area contributed by atoms with Crippen LogP contribution in [0.25, 0.3) is 0 Å². The van der Waals surface area contributed by atoms with Crippen LogP contribution in [0.4, 0.5) is 11.4 Å². The molecule has 1 unspecified atom stereocenters. The third kappa shape index (κ3) is 4.03. The lowest BCUT2D eigenvalue weighted by Gasteiger charge is -2.20. The maximum Gasteiger partial charge on any atom is 0.280 e. The smallest absolute Gasteiger partial charge is 0.280 e. The van der Waals surface area contributed by atoms with Crippen molar-refractivity contribution in [2.45, 2.75) is 26.4 Å². The van der Waals surface area contributed by atoms with Crippen LogP contribution < -0.4 is 4.90 Å². The zero-order valence-electron chi connectivity index (χ0n) is 11.3. The number of rotatable bonds is 6. The molecule has 1 rings (SSSR count). The van der Waals surface area contributed by atoms with Gasteiger partial charge < -0.3 is 10.0 Å². The number of Topliss-reactive ketones (excluding diaryl/α,β-unsaturated/α-hetero) is 1. The van der Waals surface area contributed by atoms with Gasteiger partial charge in [-0.2, -0.15) is 0 Å². The van der Waals surface area contributed by atoms with E-state index in [-0.39, 0.29) is 17.0 Å². The van der Waals surface area contributed by atoms with Gasteiger partial charge in [-0.1, -0.05) is 0 Å². The summed E-state index contributed by atoms with van der Waals surface area (Å²) in [6, 6.07) is 4.46. The normalized spacial score (nSPS) is 12.0. The minimum atomic E-state index is -0.559. The summed E-state index contributed by atoms with van der Waals surface area (Å²) >= 11 is 0. The number of benzene rings is 1. The number of aliphatic hydroxyl groups excluding tert-OH is 1. The lowest BCUT2D eigenvalue weighted by Crippen LogP contribution is -2.22. The van der Waals surface area contributed by atoms with Gasteiger partial charge in [-0.25, -0.2) is 0 Å². The predicted molar refractivity (Wildman–Crippen MR) is 72.7 cm³/mol. The molecule has 0 fully saturated rings. The molecule has 6 nitrogen and oxygen atoms in total. The number of nitro groups is 1. The Kier molecular flexibility index (Phi) is 5.00. The first kappa shape index (κ1) is 15.1. The monoisotopic (exact) mass is 266 g/mol. The molecule has 1 aromatic rings. The van der Waals surface area contributed by atoms with E-state index in [0.717, 1.165) is 5.69 Å². The van der Waals surface area contributed by atoms with Crippen molar-refractivity contribution in [3.63, 3.8) is 0 Å². The molecule has 104 valence electrons. The molecule has 0 aliphatic heterocycles. The maximum atomic E-state index is 11.4. The number of carbonyl (C=O) groups is 1. The van der Waals surface area contributed by atoms with Crippen molar-refractivity contribution in [1.29, 1.82) is 0 Å². The number of aliphatic hydroxyl groups is 1. The molecule has 19 heavy (non-hydrogen) atoms. The number of hydrogen-bond acceptors (Lipinski definition) is 5. The second-order valence-corrected chi connectivity index (χ2v) is 4.57. The largest absolute Gasteiger partial charge is 0.393 e. The molecule has 6 heteroatoms. The average Bonchev–Trinajstić information content (AvgIpc) is 2.34. The Morgan fingerprint density at radius 3 is 2.63 bits per heavy atom. The van der Waals surface area contributed by atoms with Crippen molar-refractivity contribution in [3.05, 3.63) is 33.9 Å². The number of anilines is 1. The summed E-state index contributed by atoms with van der Waals surface area (Å²) in [6.45, 7) is 3.61. The molecule has 1 aromatic carbocycles. The second kappa shape index (κ2) is 6.29. The third-order valence-corrected chi connectivity index (χ3v) is 2.88. The van der Waals surface area contributed by atoms with Gasteiger partial charge in [0.1, 0.15) is 0 Å². The zero-order chi connectivity index (χ0) is 14.6. The number of nitrogens with zero attached hydrogens (tertiary/aromatic N) is 2. The van der Waals surface area contributed by atoms with E-state index in [2.05, 4.69) is 0 Å². The van der Waals surface area contributed by atoms with Crippen LogP contribution in [-0.2, 0) is 0 Å². The Bertz CT molecular complexity index is 486. The van der Waals surface area contributed by atoms with E-state index in [9.17, 15) is 20.0 Å². The number of nitro benzene ring substituents is 1. The quantitative estimate of drug-likeness (QED) is 0.483. The summed E-state index contributed by atoms with van der Waals surface area (Å²) in [5.74, 6) is -0.336. The Hall–Kier alpha value is -1.95. The summed E-state index contributed by atoms with van der Waals surface area (Å²) in [5, 5.41) is 20.1. The van der Waals surface area contributed by atoms with Crippen molar-refractivity contribution in [2.75, 3.05) is 18.5 Å². The summed E-state index contributed by atoms with van der Waals surface area (Å²) in [7, 11) is 1.81. The predicted octanol–water partition coefficient (Wildman–Crippen LogP) is 2.00. The fourth-order valence-electron chi connectivity index (χ4n) is 1.71. The first-order chi connectivity index (χ1) is 8.82.